The Kier molecular flexibility index (Phi) is 7.35. The van der Waals surface area contributed by atoms with Crippen molar-refractivity contribution in [3.63, 3.8) is 0 Å². The van der Waals surface area contributed by atoms with Crippen LogP contribution in [0, 0.1) is 0 Å². The Morgan fingerprint density at radius 2 is 1.67 bits per heavy atom. The normalized spacial score (nSPS) is 12.9. The summed E-state index contributed by atoms with van der Waals surface area (Å²) in [5.74, 6) is 0.0773. The molecule has 0 fully saturated rings. The minimum atomic E-state index is -4.54. The first-order valence-electron chi connectivity index (χ1n) is 9.04. The van der Waals surface area contributed by atoms with Gasteiger partial charge in [0.1, 0.15) is 12.3 Å². The minimum Gasteiger partial charge on any atom is -0.497 e. The average Bonchev–Trinajstić information content (AvgIpc) is 2.69. The molecule has 10 heteroatoms. The van der Waals surface area contributed by atoms with Crippen molar-refractivity contribution in [2.24, 2.45) is 0 Å². The number of anilines is 1. The van der Waals surface area contributed by atoms with E-state index in [1.165, 1.54) is 7.11 Å². The SMILES string of the molecule is CC[C@H](NC(=O)CN(c1ccc(C(F)(F)F)cc1)S(C)(=O)=O)c1ccc(OC)cc1. The summed E-state index contributed by atoms with van der Waals surface area (Å²) in [6.07, 6.45) is -3.10. The molecule has 0 heterocycles. The van der Waals surface area contributed by atoms with Gasteiger partial charge in [-0.1, -0.05) is 19.1 Å². The molecule has 2 aromatic rings. The highest BCUT2D eigenvalue weighted by molar-refractivity contribution is 7.92. The third kappa shape index (κ3) is 6.12. The molecule has 1 N–H and O–H groups in total. The van der Waals surface area contributed by atoms with Crippen molar-refractivity contribution in [3.8, 4) is 5.75 Å². The van der Waals surface area contributed by atoms with Crippen molar-refractivity contribution in [1.29, 1.82) is 0 Å². The van der Waals surface area contributed by atoms with Crippen LogP contribution >= 0.6 is 0 Å². The second-order valence-electron chi connectivity index (χ2n) is 6.62. The lowest BCUT2D eigenvalue weighted by Gasteiger charge is -2.24. The molecule has 0 aliphatic carbocycles. The lowest BCUT2D eigenvalue weighted by molar-refractivity contribution is -0.137. The Morgan fingerprint density at radius 1 is 1.10 bits per heavy atom. The molecule has 1 atom stereocenters. The van der Waals surface area contributed by atoms with Crippen LogP contribution in [0.25, 0.3) is 0 Å². The summed E-state index contributed by atoms with van der Waals surface area (Å²) in [5.41, 5.74) is -0.125. The molecule has 0 aromatic heterocycles. The fourth-order valence-corrected chi connectivity index (χ4v) is 3.70. The van der Waals surface area contributed by atoms with E-state index in [0.29, 0.717) is 12.2 Å². The summed E-state index contributed by atoms with van der Waals surface area (Å²) >= 11 is 0. The number of amides is 1. The predicted molar refractivity (Wildman–Crippen MR) is 108 cm³/mol. The van der Waals surface area contributed by atoms with E-state index in [-0.39, 0.29) is 11.7 Å². The highest BCUT2D eigenvalue weighted by Crippen LogP contribution is 2.31. The highest BCUT2D eigenvalue weighted by Gasteiger charge is 2.31. The summed E-state index contributed by atoms with van der Waals surface area (Å²) in [7, 11) is -2.37. The van der Waals surface area contributed by atoms with Gasteiger partial charge in [0, 0.05) is 0 Å². The lowest BCUT2D eigenvalue weighted by Crippen LogP contribution is -2.41. The van der Waals surface area contributed by atoms with Crippen LogP contribution in [-0.2, 0) is 21.0 Å². The number of hydrogen-bond acceptors (Lipinski definition) is 4. The van der Waals surface area contributed by atoms with Crippen LogP contribution in [-0.4, -0.2) is 34.2 Å². The van der Waals surface area contributed by atoms with Crippen LogP contribution in [0.4, 0.5) is 18.9 Å². The van der Waals surface area contributed by atoms with E-state index >= 15 is 0 Å². The van der Waals surface area contributed by atoms with Crippen LogP contribution in [0.1, 0.15) is 30.5 Å². The van der Waals surface area contributed by atoms with Gasteiger partial charge >= 0.3 is 6.18 Å². The van der Waals surface area contributed by atoms with Gasteiger partial charge in [-0.15, -0.1) is 0 Å². The van der Waals surface area contributed by atoms with Gasteiger partial charge in [0.2, 0.25) is 15.9 Å². The Balaban J connectivity index is 2.18. The van der Waals surface area contributed by atoms with Gasteiger partial charge in [-0.25, -0.2) is 8.42 Å². The first kappa shape index (κ1) is 23.5. The number of carbonyl (C=O) groups excluding carboxylic acids is 1. The minimum absolute atomic E-state index is 0.0295. The first-order valence-corrected chi connectivity index (χ1v) is 10.9. The Hall–Kier alpha value is -2.75. The number of halogens is 3. The second kappa shape index (κ2) is 9.38. The number of carbonyl (C=O) groups is 1. The molecule has 0 bridgehead atoms. The zero-order chi connectivity index (χ0) is 22.5. The molecule has 0 saturated heterocycles. The summed E-state index contributed by atoms with van der Waals surface area (Å²) in [4.78, 5) is 12.5. The van der Waals surface area contributed by atoms with Crippen LogP contribution < -0.4 is 14.4 Å². The van der Waals surface area contributed by atoms with Crippen LogP contribution in [0.3, 0.4) is 0 Å². The van der Waals surface area contributed by atoms with Crippen molar-refractivity contribution in [3.05, 3.63) is 59.7 Å². The van der Waals surface area contributed by atoms with Crippen LogP contribution in [0.2, 0.25) is 0 Å². The maximum Gasteiger partial charge on any atom is 0.416 e. The summed E-state index contributed by atoms with van der Waals surface area (Å²) < 4.78 is 68.4. The predicted octanol–water partition coefficient (Wildman–Crippen LogP) is 3.75. The van der Waals surface area contributed by atoms with Crippen LogP contribution in [0.15, 0.2) is 48.5 Å². The van der Waals surface area contributed by atoms with E-state index in [1.807, 2.05) is 6.92 Å². The van der Waals surface area contributed by atoms with E-state index < -0.39 is 34.2 Å². The van der Waals surface area contributed by atoms with Gasteiger partial charge in [0.15, 0.2) is 0 Å². The van der Waals surface area contributed by atoms with Gasteiger partial charge in [-0.05, 0) is 48.4 Å². The molecule has 2 aromatic carbocycles. The molecule has 0 aliphatic rings. The smallest absolute Gasteiger partial charge is 0.416 e. The van der Waals surface area contributed by atoms with E-state index in [2.05, 4.69) is 5.32 Å². The molecule has 0 aliphatic heterocycles. The Bertz CT molecular complexity index is 959. The van der Waals surface area contributed by atoms with Crippen molar-refractivity contribution < 1.29 is 31.1 Å². The fraction of sp³-hybridized carbons (Fsp3) is 0.350. The Labute approximate surface area is 173 Å². The molecular weight excluding hydrogens is 421 g/mol. The van der Waals surface area contributed by atoms with Gasteiger partial charge in [-0.3, -0.25) is 9.10 Å². The van der Waals surface area contributed by atoms with E-state index in [1.54, 1.807) is 24.3 Å². The lowest BCUT2D eigenvalue weighted by atomic mass is 10.0. The van der Waals surface area contributed by atoms with Crippen molar-refractivity contribution in [1.82, 2.24) is 5.32 Å². The van der Waals surface area contributed by atoms with E-state index in [4.69, 9.17) is 4.74 Å². The number of methoxy groups -OCH3 is 1. The maximum atomic E-state index is 12.8. The van der Waals surface area contributed by atoms with Gasteiger partial charge in [-0.2, -0.15) is 13.2 Å². The first-order chi connectivity index (χ1) is 14.0. The third-order valence-electron chi connectivity index (χ3n) is 4.43. The fourth-order valence-electron chi connectivity index (χ4n) is 2.84. The molecule has 2 rings (SSSR count). The molecule has 164 valence electrons. The molecule has 30 heavy (non-hydrogen) atoms. The zero-order valence-electron chi connectivity index (χ0n) is 16.7. The molecule has 6 nitrogen and oxygen atoms in total. The monoisotopic (exact) mass is 444 g/mol. The number of nitrogens with zero attached hydrogens (tertiary/aromatic N) is 1. The second-order valence-corrected chi connectivity index (χ2v) is 8.52. The zero-order valence-corrected chi connectivity index (χ0v) is 17.5. The summed E-state index contributed by atoms with van der Waals surface area (Å²) in [6.45, 7) is 1.30. The molecule has 0 spiro atoms. The third-order valence-corrected chi connectivity index (χ3v) is 5.57. The standard InChI is InChI=1S/C20H23F3N2O4S/c1-4-18(14-5-11-17(29-2)12-6-14)24-19(26)13-25(30(3,27)28)16-9-7-15(8-10-16)20(21,22)23/h5-12,18H,4,13H2,1-3H3,(H,24,26)/t18-/m0/s1. The number of rotatable bonds is 8. The van der Waals surface area contributed by atoms with Crippen molar-refractivity contribution >= 4 is 21.6 Å². The van der Waals surface area contributed by atoms with E-state index in [0.717, 1.165) is 40.4 Å². The highest BCUT2D eigenvalue weighted by atomic mass is 32.2. The molecule has 0 unspecified atom stereocenters. The van der Waals surface area contributed by atoms with Crippen LogP contribution in [0.5, 0.6) is 5.75 Å². The number of ether oxygens (including phenoxy) is 1. The van der Waals surface area contributed by atoms with E-state index in [9.17, 15) is 26.4 Å². The number of benzene rings is 2. The quantitative estimate of drug-likeness (QED) is 0.673. The summed E-state index contributed by atoms with van der Waals surface area (Å²) in [5, 5.41) is 2.76. The molecule has 0 radical (unpaired) electrons. The van der Waals surface area contributed by atoms with Gasteiger partial charge < -0.3 is 10.1 Å². The number of alkyl halides is 3. The average molecular weight is 444 g/mol. The molecular formula is C20H23F3N2O4S. The van der Waals surface area contributed by atoms with Gasteiger partial charge in [0.05, 0.1) is 30.7 Å². The Morgan fingerprint density at radius 3 is 2.10 bits per heavy atom. The number of nitrogens with one attached hydrogen (secondary N) is 1. The molecule has 0 saturated carbocycles. The van der Waals surface area contributed by atoms with Gasteiger partial charge in [0.25, 0.3) is 0 Å². The molecule has 1 amide bonds. The summed E-state index contributed by atoms with van der Waals surface area (Å²) in [6, 6.07) is 10.3. The number of sulfonamides is 1. The van der Waals surface area contributed by atoms with Crippen molar-refractivity contribution in [2.45, 2.75) is 25.6 Å². The topological polar surface area (TPSA) is 75.7 Å². The largest absolute Gasteiger partial charge is 0.497 e. The maximum absolute atomic E-state index is 12.8. The van der Waals surface area contributed by atoms with Crippen molar-refractivity contribution in [2.75, 3.05) is 24.2 Å². The number of hydrogen-bond donors (Lipinski definition) is 1.